The molecule has 0 fully saturated rings. The quantitative estimate of drug-likeness (QED) is 0.493. The third-order valence-corrected chi connectivity index (χ3v) is 6.78. The minimum Gasteiger partial charge on any atom is -0.481 e. The van der Waals surface area contributed by atoms with Crippen LogP contribution in [0.15, 0.2) is 72.0 Å². The first-order valence-corrected chi connectivity index (χ1v) is 11.6. The molecule has 1 aromatic carbocycles. The van der Waals surface area contributed by atoms with Crippen LogP contribution in [0.4, 0.5) is 5.69 Å². The van der Waals surface area contributed by atoms with Crippen molar-refractivity contribution in [2.24, 2.45) is 0 Å². The topological polar surface area (TPSA) is 92.7 Å². The average molecular weight is 455 g/mol. The summed E-state index contributed by atoms with van der Waals surface area (Å²) in [5.74, 6) is 0.00929. The number of nitrogens with zero attached hydrogens (tertiary/aromatic N) is 4. The Morgan fingerprint density at radius 2 is 1.78 bits per heavy atom. The van der Waals surface area contributed by atoms with Gasteiger partial charge in [0.2, 0.25) is 11.8 Å². The van der Waals surface area contributed by atoms with E-state index in [-0.39, 0.29) is 23.2 Å². The van der Waals surface area contributed by atoms with Gasteiger partial charge in [-0.15, -0.1) is 0 Å². The van der Waals surface area contributed by atoms with Gasteiger partial charge in [-0.1, -0.05) is 36.4 Å². The molecule has 0 radical (unpaired) electrons. The van der Waals surface area contributed by atoms with E-state index < -0.39 is 10.0 Å². The lowest BCUT2D eigenvalue weighted by molar-refractivity contribution is -0.129. The fourth-order valence-electron chi connectivity index (χ4n) is 3.20. The Morgan fingerprint density at radius 1 is 1.03 bits per heavy atom. The molecule has 2 aromatic heterocycles. The zero-order valence-corrected chi connectivity index (χ0v) is 19.1. The van der Waals surface area contributed by atoms with Gasteiger partial charge in [-0.2, -0.15) is 8.42 Å². The number of amides is 1. The average Bonchev–Trinajstić information content (AvgIpc) is 2.81. The number of aromatic nitrogens is 2. The number of carbonyl (C=O) groups excluding carboxylic acids is 1. The lowest BCUT2D eigenvalue weighted by Gasteiger charge is -2.28. The van der Waals surface area contributed by atoms with E-state index >= 15 is 0 Å². The zero-order valence-electron chi connectivity index (χ0n) is 18.3. The summed E-state index contributed by atoms with van der Waals surface area (Å²) >= 11 is 0. The fraction of sp³-hybridized carbons (Fsp3) is 0.261. The number of sulfonamides is 1. The number of hydrogen-bond acceptors (Lipinski definition) is 6. The van der Waals surface area contributed by atoms with Gasteiger partial charge >= 0.3 is 0 Å². The number of pyridine rings is 2. The number of carbonyl (C=O) groups is 1. The third kappa shape index (κ3) is 5.23. The summed E-state index contributed by atoms with van der Waals surface area (Å²) in [6, 6.07) is 16.0. The van der Waals surface area contributed by atoms with Crippen LogP contribution in [0.1, 0.15) is 18.1 Å². The number of likely N-dealkylation sites (N-methyl/N-ethyl adjacent to an activating group) is 1. The molecule has 0 aliphatic rings. The Balaban J connectivity index is 1.96. The van der Waals surface area contributed by atoms with Gasteiger partial charge in [0.25, 0.3) is 10.0 Å². The van der Waals surface area contributed by atoms with Crippen LogP contribution in [0.3, 0.4) is 0 Å². The van der Waals surface area contributed by atoms with Crippen molar-refractivity contribution < 1.29 is 17.9 Å². The molecule has 32 heavy (non-hydrogen) atoms. The van der Waals surface area contributed by atoms with Crippen molar-refractivity contribution in [2.45, 2.75) is 25.4 Å². The number of anilines is 1. The van der Waals surface area contributed by atoms with Crippen molar-refractivity contribution in [1.29, 1.82) is 0 Å². The molecule has 0 N–H and O–H groups in total. The lowest BCUT2D eigenvalue weighted by atomic mass is 10.2. The Morgan fingerprint density at radius 3 is 2.38 bits per heavy atom. The maximum Gasteiger partial charge on any atom is 0.282 e. The molecule has 9 heteroatoms. The molecule has 3 rings (SSSR count). The Hall–Kier alpha value is -3.46. The molecule has 8 nitrogen and oxygen atoms in total. The molecular weight excluding hydrogens is 428 g/mol. The highest BCUT2D eigenvalue weighted by Crippen LogP contribution is 2.25. The van der Waals surface area contributed by atoms with Crippen LogP contribution in [0, 0.1) is 6.92 Å². The standard InChI is InChI=1S/C23H26N4O4S/c1-4-26(16-19-10-6-5-7-11-19)22(28)17-27(20-12-13-21(31-3)25-15-20)32(29,30)23-18(2)9-8-14-24-23/h5-15H,4,16-17H2,1-3H3. The third-order valence-electron chi connectivity index (χ3n) is 4.94. The van der Waals surface area contributed by atoms with E-state index in [2.05, 4.69) is 9.97 Å². The van der Waals surface area contributed by atoms with E-state index in [0.717, 1.165) is 9.87 Å². The van der Waals surface area contributed by atoms with Gasteiger partial charge in [0.1, 0.15) is 6.54 Å². The van der Waals surface area contributed by atoms with Crippen molar-refractivity contribution in [3.05, 3.63) is 78.1 Å². The van der Waals surface area contributed by atoms with E-state index in [4.69, 9.17) is 4.74 Å². The van der Waals surface area contributed by atoms with Crippen LogP contribution in [0.2, 0.25) is 0 Å². The van der Waals surface area contributed by atoms with E-state index in [1.54, 1.807) is 36.1 Å². The van der Waals surface area contributed by atoms with Crippen molar-refractivity contribution in [3.8, 4) is 5.88 Å². The highest BCUT2D eigenvalue weighted by atomic mass is 32.2. The number of rotatable bonds is 9. The first kappa shape index (κ1) is 23.2. The number of hydrogen-bond donors (Lipinski definition) is 0. The maximum atomic E-state index is 13.5. The van der Waals surface area contributed by atoms with Gasteiger partial charge in [-0.05, 0) is 37.1 Å². The van der Waals surface area contributed by atoms with E-state index in [0.29, 0.717) is 24.5 Å². The number of ether oxygens (including phenoxy) is 1. The predicted octanol–water partition coefficient (Wildman–Crippen LogP) is 3.04. The summed E-state index contributed by atoms with van der Waals surface area (Å²) in [6.07, 6.45) is 2.79. The van der Waals surface area contributed by atoms with Gasteiger partial charge in [-0.25, -0.2) is 9.97 Å². The van der Waals surface area contributed by atoms with Gasteiger partial charge in [0, 0.05) is 25.4 Å². The highest BCUT2D eigenvalue weighted by Gasteiger charge is 2.31. The monoisotopic (exact) mass is 454 g/mol. The summed E-state index contributed by atoms with van der Waals surface area (Å²) in [5, 5.41) is -0.102. The summed E-state index contributed by atoms with van der Waals surface area (Å²) in [4.78, 5) is 23.0. The van der Waals surface area contributed by atoms with Crippen molar-refractivity contribution in [3.63, 3.8) is 0 Å². The number of benzene rings is 1. The van der Waals surface area contributed by atoms with E-state index in [9.17, 15) is 13.2 Å². The lowest BCUT2D eigenvalue weighted by Crippen LogP contribution is -2.43. The van der Waals surface area contributed by atoms with Gasteiger partial charge in [0.05, 0.1) is 19.0 Å². The van der Waals surface area contributed by atoms with Crippen LogP contribution in [0.5, 0.6) is 5.88 Å². The second-order valence-electron chi connectivity index (χ2n) is 7.09. The molecule has 0 aliphatic heterocycles. The summed E-state index contributed by atoms with van der Waals surface area (Å²) in [7, 11) is -2.65. The molecule has 0 aliphatic carbocycles. The minimum absolute atomic E-state index is 0.102. The first-order valence-electron chi connectivity index (χ1n) is 10.1. The van der Waals surface area contributed by atoms with Crippen molar-refractivity contribution in [2.75, 3.05) is 24.5 Å². The zero-order chi connectivity index (χ0) is 23.1. The molecule has 0 atom stereocenters. The Bertz CT molecular complexity index is 1150. The molecule has 168 valence electrons. The van der Waals surface area contributed by atoms with Crippen LogP contribution in [-0.2, 0) is 21.4 Å². The highest BCUT2D eigenvalue weighted by molar-refractivity contribution is 7.92. The summed E-state index contributed by atoms with van der Waals surface area (Å²) in [5.41, 5.74) is 1.70. The SMILES string of the molecule is CCN(Cc1ccccc1)C(=O)CN(c1ccc(OC)nc1)S(=O)(=O)c1ncccc1C. The van der Waals surface area contributed by atoms with Gasteiger partial charge in [-0.3, -0.25) is 9.10 Å². The largest absolute Gasteiger partial charge is 0.481 e. The van der Waals surface area contributed by atoms with Crippen molar-refractivity contribution >= 4 is 21.6 Å². The van der Waals surface area contributed by atoms with Crippen LogP contribution in [-0.4, -0.2) is 49.4 Å². The summed E-state index contributed by atoms with van der Waals surface area (Å²) in [6.45, 7) is 3.96. The van der Waals surface area contributed by atoms with E-state index in [1.807, 2.05) is 37.3 Å². The van der Waals surface area contributed by atoms with Crippen molar-refractivity contribution in [1.82, 2.24) is 14.9 Å². The predicted molar refractivity (Wildman–Crippen MR) is 122 cm³/mol. The molecule has 0 saturated carbocycles. The molecule has 0 saturated heterocycles. The molecular formula is C23H26N4O4S. The molecule has 2 heterocycles. The second-order valence-corrected chi connectivity index (χ2v) is 8.87. The molecule has 0 spiro atoms. The normalized spacial score (nSPS) is 11.1. The fourth-order valence-corrected chi connectivity index (χ4v) is 4.75. The molecule has 3 aromatic rings. The van der Waals surface area contributed by atoms with Gasteiger partial charge < -0.3 is 9.64 Å². The molecule has 0 unspecified atom stereocenters. The number of aryl methyl sites for hydroxylation is 1. The van der Waals surface area contributed by atoms with Crippen LogP contribution < -0.4 is 9.04 Å². The van der Waals surface area contributed by atoms with Crippen LogP contribution in [0.25, 0.3) is 0 Å². The number of methoxy groups -OCH3 is 1. The maximum absolute atomic E-state index is 13.5. The minimum atomic E-state index is -4.12. The first-order chi connectivity index (χ1) is 15.4. The van der Waals surface area contributed by atoms with Gasteiger partial charge in [0.15, 0.2) is 5.03 Å². The van der Waals surface area contributed by atoms with Crippen LogP contribution >= 0.6 is 0 Å². The molecule has 0 bridgehead atoms. The summed E-state index contributed by atoms with van der Waals surface area (Å²) < 4.78 is 33.2. The smallest absolute Gasteiger partial charge is 0.282 e. The Kier molecular flexibility index (Phi) is 7.42. The second kappa shape index (κ2) is 10.2. The van der Waals surface area contributed by atoms with E-state index in [1.165, 1.54) is 19.5 Å². The Labute approximate surface area is 188 Å². The molecule has 1 amide bonds.